The van der Waals surface area contributed by atoms with Gasteiger partial charge in [-0.15, -0.1) is 0 Å². The van der Waals surface area contributed by atoms with Crippen LogP contribution in [-0.4, -0.2) is 25.6 Å². The van der Waals surface area contributed by atoms with Crippen LogP contribution < -0.4 is 10.1 Å². The highest BCUT2D eigenvalue weighted by Crippen LogP contribution is 2.21. The molecule has 0 heterocycles. The van der Waals surface area contributed by atoms with Crippen molar-refractivity contribution in [1.82, 2.24) is 0 Å². The predicted molar refractivity (Wildman–Crippen MR) is 87.9 cm³/mol. The molecule has 5 nitrogen and oxygen atoms in total. The monoisotopic (exact) mass is 351 g/mol. The Bertz CT molecular complexity index is 734. The topological polar surface area (TPSA) is 64.6 Å². The molecule has 0 aliphatic carbocycles. The van der Waals surface area contributed by atoms with Crippen molar-refractivity contribution in [2.24, 2.45) is 0 Å². The van der Waals surface area contributed by atoms with Crippen LogP contribution in [0.3, 0.4) is 0 Å². The number of nitrogens with one attached hydrogen (secondary N) is 1. The van der Waals surface area contributed by atoms with Crippen molar-refractivity contribution in [3.05, 3.63) is 58.9 Å². The zero-order valence-electron chi connectivity index (χ0n) is 12.8. The number of carbonyl (C=O) groups excluding carboxylic acids is 2. The van der Waals surface area contributed by atoms with Crippen LogP contribution >= 0.6 is 11.6 Å². The number of hydrogen-bond donors (Lipinski definition) is 1. The molecule has 1 amide bonds. The first-order valence-electron chi connectivity index (χ1n) is 7.05. The lowest BCUT2D eigenvalue weighted by molar-refractivity contribution is -0.116. The molecule has 2 aromatic carbocycles. The van der Waals surface area contributed by atoms with Crippen LogP contribution in [0.15, 0.2) is 42.5 Å². The van der Waals surface area contributed by atoms with Crippen molar-refractivity contribution in [2.45, 2.75) is 6.42 Å². The standard InChI is InChI=1S/C17H15ClFNO4/c1-23-17(22)14-10-11(18)2-7-15(14)20-16(21)8-9-24-13-5-3-12(19)4-6-13/h2-7,10H,8-9H2,1H3,(H,20,21). The summed E-state index contributed by atoms with van der Waals surface area (Å²) in [5.74, 6) is -0.843. The molecule has 0 unspecified atom stereocenters. The summed E-state index contributed by atoms with van der Waals surface area (Å²) < 4.78 is 22.8. The van der Waals surface area contributed by atoms with Gasteiger partial charge in [-0.3, -0.25) is 4.79 Å². The number of amides is 1. The molecule has 126 valence electrons. The molecular formula is C17H15ClFNO4. The number of benzene rings is 2. The lowest BCUT2D eigenvalue weighted by Crippen LogP contribution is -2.17. The largest absolute Gasteiger partial charge is 0.493 e. The Morgan fingerprint density at radius 1 is 1.17 bits per heavy atom. The summed E-state index contributed by atoms with van der Waals surface area (Å²) in [5.41, 5.74) is 0.468. The highest BCUT2D eigenvalue weighted by Gasteiger charge is 2.14. The molecule has 0 aliphatic heterocycles. The minimum absolute atomic E-state index is 0.0562. The van der Waals surface area contributed by atoms with Crippen molar-refractivity contribution < 1.29 is 23.5 Å². The predicted octanol–water partition coefficient (Wildman–Crippen LogP) is 3.67. The van der Waals surface area contributed by atoms with Crippen LogP contribution in [0.25, 0.3) is 0 Å². The molecule has 0 aromatic heterocycles. The first kappa shape index (κ1) is 17.7. The number of esters is 1. The van der Waals surface area contributed by atoms with Gasteiger partial charge in [-0.1, -0.05) is 11.6 Å². The fourth-order valence-electron chi connectivity index (χ4n) is 1.91. The molecule has 0 spiro atoms. The Hall–Kier alpha value is -2.60. The third-order valence-electron chi connectivity index (χ3n) is 3.07. The average molecular weight is 352 g/mol. The first-order valence-corrected chi connectivity index (χ1v) is 7.43. The smallest absolute Gasteiger partial charge is 0.340 e. The van der Waals surface area contributed by atoms with Gasteiger partial charge in [-0.2, -0.15) is 0 Å². The molecule has 0 aliphatic rings. The second-order valence-corrected chi connectivity index (χ2v) is 5.22. The van der Waals surface area contributed by atoms with Crippen LogP contribution in [0.1, 0.15) is 16.8 Å². The van der Waals surface area contributed by atoms with Crippen LogP contribution in [-0.2, 0) is 9.53 Å². The molecule has 1 N–H and O–H groups in total. The van der Waals surface area contributed by atoms with Gasteiger partial charge in [0.1, 0.15) is 11.6 Å². The van der Waals surface area contributed by atoms with Gasteiger partial charge in [0.2, 0.25) is 5.91 Å². The van der Waals surface area contributed by atoms with Crippen molar-refractivity contribution in [1.29, 1.82) is 0 Å². The van der Waals surface area contributed by atoms with Crippen molar-refractivity contribution >= 4 is 29.2 Å². The van der Waals surface area contributed by atoms with Gasteiger partial charge in [0.05, 0.1) is 31.4 Å². The van der Waals surface area contributed by atoms with E-state index in [0.717, 1.165) is 0 Å². The molecular weight excluding hydrogens is 337 g/mol. The van der Waals surface area contributed by atoms with E-state index in [1.165, 1.54) is 43.5 Å². The third-order valence-corrected chi connectivity index (χ3v) is 3.31. The lowest BCUT2D eigenvalue weighted by Gasteiger charge is -2.11. The van der Waals surface area contributed by atoms with Crippen molar-refractivity contribution in [3.63, 3.8) is 0 Å². The SMILES string of the molecule is COC(=O)c1cc(Cl)ccc1NC(=O)CCOc1ccc(F)cc1. The van der Waals surface area contributed by atoms with E-state index in [-0.39, 0.29) is 30.3 Å². The first-order chi connectivity index (χ1) is 11.5. The summed E-state index contributed by atoms with van der Waals surface area (Å²) in [6.45, 7) is 0.110. The van der Waals surface area contributed by atoms with E-state index in [9.17, 15) is 14.0 Å². The Balaban J connectivity index is 1.92. The Morgan fingerprint density at radius 3 is 2.54 bits per heavy atom. The van der Waals surface area contributed by atoms with E-state index in [4.69, 9.17) is 16.3 Å². The molecule has 0 radical (unpaired) electrons. The second-order valence-electron chi connectivity index (χ2n) is 4.78. The maximum absolute atomic E-state index is 12.8. The van der Waals surface area contributed by atoms with Gasteiger partial charge in [0, 0.05) is 5.02 Å². The second kappa shape index (κ2) is 8.31. The maximum Gasteiger partial charge on any atom is 0.340 e. The van der Waals surface area contributed by atoms with Gasteiger partial charge in [0.15, 0.2) is 0 Å². The fourth-order valence-corrected chi connectivity index (χ4v) is 2.08. The minimum Gasteiger partial charge on any atom is -0.493 e. The molecule has 7 heteroatoms. The number of halogens is 2. The molecule has 24 heavy (non-hydrogen) atoms. The maximum atomic E-state index is 12.8. The van der Waals surface area contributed by atoms with E-state index >= 15 is 0 Å². The number of ether oxygens (including phenoxy) is 2. The molecule has 0 bridgehead atoms. The van der Waals surface area contributed by atoms with Gasteiger partial charge < -0.3 is 14.8 Å². The average Bonchev–Trinajstić information content (AvgIpc) is 2.57. The number of hydrogen-bond acceptors (Lipinski definition) is 4. The van der Waals surface area contributed by atoms with E-state index in [1.54, 1.807) is 6.07 Å². The fraction of sp³-hybridized carbons (Fsp3) is 0.176. The highest BCUT2D eigenvalue weighted by atomic mass is 35.5. The van der Waals surface area contributed by atoms with Gasteiger partial charge in [-0.05, 0) is 42.5 Å². The normalized spacial score (nSPS) is 10.1. The van der Waals surface area contributed by atoms with Crippen LogP contribution in [0, 0.1) is 5.82 Å². The summed E-state index contributed by atoms with van der Waals surface area (Å²) in [7, 11) is 1.24. The van der Waals surface area contributed by atoms with Gasteiger partial charge >= 0.3 is 5.97 Å². The summed E-state index contributed by atoms with van der Waals surface area (Å²) in [6, 6.07) is 9.98. The number of anilines is 1. The van der Waals surface area contributed by atoms with Crippen LogP contribution in [0.5, 0.6) is 5.75 Å². The highest BCUT2D eigenvalue weighted by molar-refractivity contribution is 6.31. The number of rotatable bonds is 6. The molecule has 0 atom stereocenters. The van der Waals surface area contributed by atoms with Crippen LogP contribution in [0.2, 0.25) is 5.02 Å². The Labute approximate surface area is 143 Å². The zero-order valence-corrected chi connectivity index (χ0v) is 13.6. The molecule has 2 rings (SSSR count). The lowest BCUT2D eigenvalue weighted by atomic mass is 10.1. The zero-order chi connectivity index (χ0) is 17.5. The Kier molecular flexibility index (Phi) is 6.14. The summed E-state index contributed by atoms with van der Waals surface area (Å²) in [5, 5.41) is 2.96. The van der Waals surface area contributed by atoms with Gasteiger partial charge in [0.25, 0.3) is 0 Å². The molecule has 0 saturated heterocycles. The van der Waals surface area contributed by atoms with E-state index in [2.05, 4.69) is 10.1 Å². The van der Waals surface area contributed by atoms with E-state index < -0.39 is 5.97 Å². The quantitative estimate of drug-likeness (QED) is 0.806. The number of carbonyl (C=O) groups is 2. The van der Waals surface area contributed by atoms with E-state index in [0.29, 0.717) is 16.5 Å². The summed E-state index contributed by atoms with van der Waals surface area (Å²) in [4.78, 5) is 23.7. The number of methoxy groups -OCH3 is 1. The van der Waals surface area contributed by atoms with Gasteiger partial charge in [-0.25, -0.2) is 9.18 Å². The van der Waals surface area contributed by atoms with E-state index in [1.807, 2.05) is 0 Å². The molecule has 0 saturated carbocycles. The van der Waals surface area contributed by atoms with Crippen LogP contribution in [0.4, 0.5) is 10.1 Å². The summed E-state index contributed by atoms with van der Waals surface area (Å²) in [6.07, 6.45) is 0.0562. The summed E-state index contributed by atoms with van der Waals surface area (Å²) >= 11 is 5.85. The van der Waals surface area contributed by atoms with Crippen molar-refractivity contribution in [2.75, 3.05) is 19.0 Å². The third kappa shape index (κ3) is 4.96. The molecule has 2 aromatic rings. The Morgan fingerprint density at radius 2 is 1.88 bits per heavy atom. The minimum atomic E-state index is -0.602. The molecule has 0 fully saturated rings. The van der Waals surface area contributed by atoms with Crippen molar-refractivity contribution in [3.8, 4) is 5.75 Å².